The molecule has 0 aliphatic carbocycles. The number of hydrogen-bond acceptors (Lipinski definition) is 5. The van der Waals surface area contributed by atoms with Crippen molar-refractivity contribution in [3.8, 4) is 0 Å². The smallest absolute Gasteiger partial charge is 0.338 e. The van der Waals surface area contributed by atoms with Crippen LogP contribution in [0.4, 0.5) is 5.69 Å². The van der Waals surface area contributed by atoms with Crippen LogP contribution in [-0.2, 0) is 9.53 Å². The Morgan fingerprint density at radius 3 is 2.70 bits per heavy atom. The number of ether oxygens (including phenoxy) is 1. The van der Waals surface area contributed by atoms with Crippen LogP contribution in [0, 0.1) is 0 Å². The number of esters is 1. The molecule has 0 spiro atoms. The van der Waals surface area contributed by atoms with Gasteiger partial charge in [0.05, 0.1) is 17.9 Å². The van der Waals surface area contributed by atoms with Gasteiger partial charge in [0.1, 0.15) is 5.76 Å². The van der Waals surface area contributed by atoms with E-state index in [0.29, 0.717) is 11.3 Å². The number of nitrogens with zero attached hydrogens (tertiary/aromatic N) is 1. The Labute approximate surface area is 135 Å². The van der Waals surface area contributed by atoms with Crippen molar-refractivity contribution in [3.05, 3.63) is 54.0 Å². The summed E-state index contributed by atoms with van der Waals surface area (Å²) in [5.41, 5.74) is 1.29. The standard InChI is InChI=1S/C17H20N2O4/c1-12(15-8-5-9-22-15)18-16(20)11-23-17(21)13-6-4-7-14(10-13)19(2)3/h4-10,12H,11H2,1-3H3,(H,18,20)/t12-/m1/s1. The van der Waals surface area contributed by atoms with Gasteiger partial charge in [-0.05, 0) is 37.3 Å². The summed E-state index contributed by atoms with van der Waals surface area (Å²) in [4.78, 5) is 25.7. The van der Waals surface area contributed by atoms with E-state index in [0.717, 1.165) is 5.69 Å². The van der Waals surface area contributed by atoms with Crippen molar-refractivity contribution < 1.29 is 18.7 Å². The first-order valence-electron chi connectivity index (χ1n) is 7.24. The van der Waals surface area contributed by atoms with Crippen LogP contribution in [-0.4, -0.2) is 32.6 Å². The first kappa shape index (κ1) is 16.6. The maximum Gasteiger partial charge on any atom is 0.338 e. The van der Waals surface area contributed by atoms with Crippen LogP contribution < -0.4 is 10.2 Å². The van der Waals surface area contributed by atoms with E-state index in [1.807, 2.05) is 25.1 Å². The molecule has 1 aromatic heterocycles. The van der Waals surface area contributed by atoms with Crippen LogP contribution in [0.1, 0.15) is 29.1 Å². The van der Waals surface area contributed by atoms with Crippen molar-refractivity contribution in [1.29, 1.82) is 0 Å². The van der Waals surface area contributed by atoms with Crippen molar-refractivity contribution in [2.75, 3.05) is 25.6 Å². The zero-order valence-electron chi connectivity index (χ0n) is 13.4. The Balaban J connectivity index is 1.86. The number of nitrogens with one attached hydrogen (secondary N) is 1. The average Bonchev–Trinajstić information content (AvgIpc) is 3.07. The van der Waals surface area contributed by atoms with Gasteiger partial charge in [-0.25, -0.2) is 4.79 Å². The minimum Gasteiger partial charge on any atom is -0.467 e. The molecule has 0 fully saturated rings. The molecular weight excluding hydrogens is 296 g/mol. The van der Waals surface area contributed by atoms with Gasteiger partial charge in [0.2, 0.25) is 0 Å². The molecule has 1 N–H and O–H groups in total. The second kappa shape index (κ2) is 7.49. The SMILES string of the molecule is C[C@@H](NC(=O)COC(=O)c1cccc(N(C)C)c1)c1ccco1. The average molecular weight is 316 g/mol. The molecule has 2 aromatic rings. The van der Waals surface area contributed by atoms with Gasteiger partial charge in [-0.15, -0.1) is 0 Å². The fourth-order valence-electron chi connectivity index (χ4n) is 2.02. The molecule has 1 atom stereocenters. The number of carbonyl (C=O) groups excluding carboxylic acids is 2. The molecule has 0 radical (unpaired) electrons. The quantitative estimate of drug-likeness (QED) is 0.829. The number of benzene rings is 1. The van der Waals surface area contributed by atoms with Gasteiger partial charge in [0.25, 0.3) is 5.91 Å². The maximum absolute atomic E-state index is 12.0. The Bertz CT molecular complexity index is 665. The van der Waals surface area contributed by atoms with E-state index in [2.05, 4.69) is 5.32 Å². The fraction of sp³-hybridized carbons (Fsp3) is 0.294. The highest BCUT2D eigenvalue weighted by Gasteiger charge is 2.14. The van der Waals surface area contributed by atoms with E-state index < -0.39 is 5.97 Å². The Kier molecular flexibility index (Phi) is 5.41. The minimum absolute atomic E-state index is 0.284. The lowest BCUT2D eigenvalue weighted by molar-refractivity contribution is -0.125. The predicted molar refractivity (Wildman–Crippen MR) is 86.3 cm³/mol. The van der Waals surface area contributed by atoms with Crippen molar-refractivity contribution in [3.63, 3.8) is 0 Å². The van der Waals surface area contributed by atoms with Gasteiger partial charge < -0.3 is 19.4 Å². The maximum atomic E-state index is 12.0. The molecule has 0 aliphatic heterocycles. The zero-order chi connectivity index (χ0) is 16.8. The van der Waals surface area contributed by atoms with Crippen LogP contribution in [0.3, 0.4) is 0 Å². The molecule has 0 saturated carbocycles. The summed E-state index contributed by atoms with van der Waals surface area (Å²) in [5.74, 6) is -0.274. The summed E-state index contributed by atoms with van der Waals surface area (Å²) in [6, 6.07) is 10.2. The van der Waals surface area contributed by atoms with Gasteiger partial charge in [-0.3, -0.25) is 4.79 Å². The van der Waals surface area contributed by atoms with Gasteiger partial charge in [-0.1, -0.05) is 6.07 Å². The van der Waals surface area contributed by atoms with E-state index >= 15 is 0 Å². The highest BCUT2D eigenvalue weighted by Crippen LogP contribution is 2.14. The zero-order valence-corrected chi connectivity index (χ0v) is 13.4. The van der Waals surface area contributed by atoms with E-state index in [-0.39, 0.29) is 18.6 Å². The molecule has 2 rings (SSSR count). The number of amides is 1. The van der Waals surface area contributed by atoms with Gasteiger partial charge >= 0.3 is 5.97 Å². The van der Waals surface area contributed by atoms with E-state index in [1.54, 1.807) is 37.3 Å². The summed E-state index contributed by atoms with van der Waals surface area (Å²) in [5, 5.41) is 2.70. The molecule has 0 aliphatic rings. The highest BCUT2D eigenvalue weighted by molar-refractivity contribution is 5.92. The lowest BCUT2D eigenvalue weighted by Gasteiger charge is -2.14. The van der Waals surface area contributed by atoms with Crippen molar-refractivity contribution >= 4 is 17.6 Å². The van der Waals surface area contributed by atoms with E-state index in [1.165, 1.54) is 6.26 Å². The molecule has 0 unspecified atom stereocenters. The van der Waals surface area contributed by atoms with Crippen LogP contribution in [0.5, 0.6) is 0 Å². The summed E-state index contributed by atoms with van der Waals surface area (Å²) in [7, 11) is 3.77. The van der Waals surface area contributed by atoms with Crippen molar-refractivity contribution in [1.82, 2.24) is 5.32 Å². The summed E-state index contributed by atoms with van der Waals surface area (Å²) < 4.78 is 10.2. The van der Waals surface area contributed by atoms with Crippen LogP contribution >= 0.6 is 0 Å². The molecule has 0 bridgehead atoms. The molecule has 23 heavy (non-hydrogen) atoms. The van der Waals surface area contributed by atoms with E-state index in [9.17, 15) is 9.59 Å². The molecule has 1 amide bonds. The topological polar surface area (TPSA) is 71.8 Å². The van der Waals surface area contributed by atoms with Crippen LogP contribution in [0.15, 0.2) is 47.1 Å². The number of furan rings is 1. The molecule has 6 nitrogen and oxygen atoms in total. The monoisotopic (exact) mass is 316 g/mol. The van der Waals surface area contributed by atoms with Gasteiger partial charge in [-0.2, -0.15) is 0 Å². The summed E-state index contributed by atoms with van der Waals surface area (Å²) in [6.45, 7) is 1.45. The van der Waals surface area contributed by atoms with Crippen molar-refractivity contribution in [2.45, 2.75) is 13.0 Å². The Morgan fingerprint density at radius 2 is 2.04 bits per heavy atom. The van der Waals surface area contributed by atoms with Crippen LogP contribution in [0.2, 0.25) is 0 Å². The molecule has 6 heteroatoms. The van der Waals surface area contributed by atoms with Crippen LogP contribution in [0.25, 0.3) is 0 Å². The highest BCUT2D eigenvalue weighted by atomic mass is 16.5. The molecule has 122 valence electrons. The summed E-state index contributed by atoms with van der Waals surface area (Å²) >= 11 is 0. The minimum atomic E-state index is -0.533. The molecule has 1 heterocycles. The van der Waals surface area contributed by atoms with Gasteiger partial charge in [0.15, 0.2) is 6.61 Å². The first-order valence-corrected chi connectivity index (χ1v) is 7.24. The molecular formula is C17H20N2O4. The summed E-state index contributed by atoms with van der Waals surface area (Å²) in [6.07, 6.45) is 1.54. The number of hydrogen-bond donors (Lipinski definition) is 1. The number of rotatable bonds is 6. The third kappa shape index (κ3) is 4.60. The second-order valence-corrected chi connectivity index (χ2v) is 5.33. The second-order valence-electron chi connectivity index (χ2n) is 5.33. The largest absolute Gasteiger partial charge is 0.467 e. The van der Waals surface area contributed by atoms with Crippen molar-refractivity contribution in [2.24, 2.45) is 0 Å². The number of carbonyl (C=O) groups is 2. The molecule has 1 aromatic carbocycles. The lowest BCUT2D eigenvalue weighted by atomic mass is 10.2. The molecule has 0 saturated heterocycles. The number of anilines is 1. The third-order valence-electron chi connectivity index (χ3n) is 3.28. The fourth-order valence-corrected chi connectivity index (χ4v) is 2.02. The first-order chi connectivity index (χ1) is 11.0. The Morgan fingerprint density at radius 1 is 1.26 bits per heavy atom. The third-order valence-corrected chi connectivity index (χ3v) is 3.28. The van der Waals surface area contributed by atoms with Gasteiger partial charge in [0, 0.05) is 19.8 Å². The normalized spacial score (nSPS) is 11.6. The van der Waals surface area contributed by atoms with E-state index in [4.69, 9.17) is 9.15 Å². The Hall–Kier alpha value is -2.76. The predicted octanol–water partition coefficient (Wildman–Crippen LogP) is 2.38. The lowest BCUT2D eigenvalue weighted by Crippen LogP contribution is -2.31.